The minimum absolute atomic E-state index is 0.0899. The number of carbonyl (C=O) groups excluding carboxylic acids is 1. The Hall–Kier alpha value is -4.51. The molecule has 0 unspecified atom stereocenters. The van der Waals surface area contributed by atoms with Gasteiger partial charge in [0.05, 0.1) is 18.5 Å². The topological polar surface area (TPSA) is 141 Å². The molecule has 1 aromatic heterocycles. The van der Waals surface area contributed by atoms with Crippen molar-refractivity contribution in [3.8, 4) is 17.2 Å². The number of aliphatic hydroxyl groups excluding tert-OH is 2. The number of carbonyl (C=O) groups is 2. The second kappa shape index (κ2) is 14.9. The molecule has 0 spiro atoms. The zero-order valence-electron chi connectivity index (χ0n) is 23.3. The van der Waals surface area contributed by atoms with Crippen molar-refractivity contribution in [1.82, 2.24) is 15.2 Å². The summed E-state index contributed by atoms with van der Waals surface area (Å²) in [5, 5.41) is 32.9. The summed E-state index contributed by atoms with van der Waals surface area (Å²) in [4.78, 5) is 29.3. The van der Waals surface area contributed by atoms with Gasteiger partial charge in [-0.2, -0.15) is 0 Å². The number of fused-ring (bicyclic) bond motifs is 1. The standard InChI is InChI=1S/C32H35N3O7/c1-35(16-14-31(38)39)32(40)23-9-12-28-29(18-23)33-15-13-30(28)42-27-10-7-22(8-11-27)17-24(20-36)34-19-25(37)21-41-26-5-3-2-4-6-26/h2-13,15,18,24-25,34,36-37H,14,16-17,19-21H2,1H3,(H,38,39)/t24-,25-/m0/s1. The van der Waals surface area contributed by atoms with Crippen LogP contribution < -0.4 is 14.8 Å². The van der Waals surface area contributed by atoms with Crippen molar-refractivity contribution in [3.63, 3.8) is 0 Å². The Balaban J connectivity index is 1.32. The van der Waals surface area contributed by atoms with Gasteiger partial charge in [0.1, 0.15) is 30.0 Å². The molecule has 0 fully saturated rings. The molecule has 0 bridgehead atoms. The Morgan fingerprint density at radius 2 is 1.76 bits per heavy atom. The number of amides is 1. The molecule has 0 radical (unpaired) electrons. The van der Waals surface area contributed by atoms with Gasteiger partial charge < -0.3 is 35.0 Å². The van der Waals surface area contributed by atoms with Gasteiger partial charge in [0.2, 0.25) is 0 Å². The molecular weight excluding hydrogens is 538 g/mol. The number of ether oxygens (including phenoxy) is 2. The number of hydrogen-bond acceptors (Lipinski definition) is 8. The molecule has 3 aromatic carbocycles. The molecule has 0 saturated carbocycles. The Bertz CT molecular complexity index is 1460. The molecule has 4 rings (SSSR count). The molecule has 0 saturated heterocycles. The number of carboxylic acids is 1. The first-order chi connectivity index (χ1) is 20.3. The van der Waals surface area contributed by atoms with Gasteiger partial charge in [-0.05, 0) is 60.5 Å². The van der Waals surface area contributed by atoms with Gasteiger partial charge in [-0.1, -0.05) is 30.3 Å². The zero-order chi connectivity index (χ0) is 29.9. The highest BCUT2D eigenvalue weighted by Gasteiger charge is 2.16. The third-order valence-electron chi connectivity index (χ3n) is 6.64. The molecule has 0 aliphatic heterocycles. The predicted octanol–water partition coefficient (Wildman–Crippen LogP) is 3.51. The van der Waals surface area contributed by atoms with Crippen molar-refractivity contribution < 1.29 is 34.4 Å². The molecule has 4 aromatic rings. The van der Waals surface area contributed by atoms with Crippen molar-refractivity contribution in [1.29, 1.82) is 0 Å². The average Bonchev–Trinajstić information content (AvgIpc) is 3.01. The number of nitrogens with zero attached hydrogens (tertiary/aromatic N) is 2. The van der Waals surface area contributed by atoms with Crippen LogP contribution in [0, 0.1) is 0 Å². The third-order valence-corrected chi connectivity index (χ3v) is 6.64. The number of pyridine rings is 1. The fourth-order valence-corrected chi connectivity index (χ4v) is 4.31. The number of aliphatic carboxylic acids is 1. The molecule has 10 nitrogen and oxygen atoms in total. The number of benzene rings is 3. The number of hydrogen-bond donors (Lipinski definition) is 4. The Morgan fingerprint density at radius 3 is 2.48 bits per heavy atom. The Labute approximate surface area is 244 Å². The number of aliphatic hydroxyl groups is 2. The second-order valence-corrected chi connectivity index (χ2v) is 9.93. The van der Waals surface area contributed by atoms with E-state index in [1.54, 1.807) is 37.5 Å². The van der Waals surface area contributed by atoms with Crippen LogP contribution in [-0.2, 0) is 11.2 Å². The van der Waals surface area contributed by atoms with E-state index in [1.165, 1.54) is 4.90 Å². The van der Waals surface area contributed by atoms with Gasteiger partial charge in [-0.15, -0.1) is 0 Å². The van der Waals surface area contributed by atoms with Crippen molar-refractivity contribution in [2.45, 2.75) is 25.0 Å². The van der Waals surface area contributed by atoms with Crippen LogP contribution in [0.15, 0.2) is 85.1 Å². The van der Waals surface area contributed by atoms with Gasteiger partial charge in [0, 0.05) is 43.3 Å². The number of carboxylic acid groups (broad SMARTS) is 1. The smallest absolute Gasteiger partial charge is 0.305 e. The highest BCUT2D eigenvalue weighted by molar-refractivity contribution is 5.98. The third kappa shape index (κ3) is 8.74. The van der Waals surface area contributed by atoms with E-state index < -0.39 is 12.1 Å². The van der Waals surface area contributed by atoms with Crippen molar-refractivity contribution >= 4 is 22.8 Å². The van der Waals surface area contributed by atoms with Crippen LogP contribution in [-0.4, -0.2) is 82.6 Å². The van der Waals surface area contributed by atoms with Crippen LogP contribution in [0.4, 0.5) is 0 Å². The number of rotatable bonds is 15. The van der Waals surface area contributed by atoms with Crippen molar-refractivity contribution in [3.05, 3.63) is 96.2 Å². The first-order valence-corrected chi connectivity index (χ1v) is 13.7. The van der Waals surface area contributed by atoms with Gasteiger partial charge in [0.25, 0.3) is 5.91 Å². The molecule has 220 valence electrons. The van der Waals surface area contributed by atoms with Crippen LogP contribution in [0.1, 0.15) is 22.3 Å². The summed E-state index contributed by atoms with van der Waals surface area (Å²) in [5.74, 6) is 0.631. The molecule has 10 heteroatoms. The summed E-state index contributed by atoms with van der Waals surface area (Å²) in [6, 6.07) is 23.4. The number of nitrogens with one attached hydrogen (secondary N) is 1. The van der Waals surface area contributed by atoms with Crippen molar-refractivity contribution in [2.75, 3.05) is 33.4 Å². The summed E-state index contributed by atoms with van der Waals surface area (Å²) < 4.78 is 11.7. The lowest BCUT2D eigenvalue weighted by Gasteiger charge is -2.19. The minimum Gasteiger partial charge on any atom is -0.491 e. The summed E-state index contributed by atoms with van der Waals surface area (Å²) in [7, 11) is 1.57. The zero-order valence-corrected chi connectivity index (χ0v) is 23.3. The maximum atomic E-state index is 12.7. The maximum absolute atomic E-state index is 12.7. The number of aromatic nitrogens is 1. The maximum Gasteiger partial charge on any atom is 0.305 e. The van der Waals surface area contributed by atoms with Crippen molar-refractivity contribution in [2.24, 2.45) is 0 Å². The fourth-order valence-electron chi connectivity index (χ4n) is 4.31. The Kier molecular flexibility index (Phi) is 10.8. The van der Waals surface area contributed by atoms with Crippen LogP contribution in [0.5, 0.6) is 17.2 Å². The lowest BCUT2D eigenvalue weighted by Crippen LogP contribution is -2.41. The first-order valence-electron chi connectivity index (χ1n) is 13.7. The van der Waals surface area contributed by atoms with Gasteiger partial charge in [-0.25, -0.2) is 0 Å². The largest absolute Gasteiger partial charge is 0.491 e. The minimum atomic E-state index is -0.963. The molecule has 0 aliphatic rings. The van der Waals surface area contributed by atoms with Crippen LogP contribution in [0.3, 0.4) is 0 Å². The van der Waals surface area contributed by atoms with Crippen LogP contribution in [0.2, 0.25) is 0 Å². The van der Waals surface area contributed by atoms with Crippen LogP contribution in [0.25, 0.3) is 10.9 Å². The van der Waals surface area contributed by atoms with Gasteiger partial charge in [-0.3, -0.25) is 14.6 Å². The van der Waals surface area contributed by atoms with E-state index in [0.717, 1.165) is 10.9 Å². The molecule has 42 heavy (non-hydrogen) atoms. The lowest BCUT2D eigenvalue weighted by atomic mass is 10.1. The van der Waals surface area contributed by atoms with E-state index in [0.29, 0.717) is 34.7 Å². The second-order valence-electron chi connectivity index (χ2n) is 9.93. The van der Waals surface area contributed by atoms with E-state index in [9.17, 15) is 19.8 Å². The van der Waals surface area contributed by atoms with E-state index in [4.69, 9.17) is 14.6 Å². The Morgan fingerprint density at radius 1 is 1.00 bits per heavy atom. The molecule has 1 amide bonds. The quantitative estimate of drug-likeness (QED) is 0.168. The van der Waals surface area contributed by atoms with E-state index in [2.05, 4.69) is 10.3 Å². The molecule has 4 N–H and O–H groups in total. The first kappa shape index (κ1) is 30.4. The highest BCUT2D eigenvalue weighted by Crippen LogP contribution is 2.30. The summed E-state index contributed by atoms with van der Waals surface area (Å²) in [6.45, 7) is 0.444. The molecule has 0 aliphatic carbocycles. The molecule has 2 atom stereocenters. The normalized spacial score (nSPS) is 12.5. The monoisotopic (exact) mass is 573 g/mol. The van der Waals surface area contributed by atoms with Gasteiger partial charge >= 0.3 is 5.97 Å². The van der Waals surface area contributed by atoms with Gasteiger partial charge in [0.15, 0.2) is 0 Å². The summed E-state index contributed by atoms with van der Waals surface area (Å²) in [5.41, 5.74) is 1.97. The number of para-hydroxylation sites is 1. The van der Waals surface area contributed by atoms with E-state index in [1.807, 2.05) is 54.6 Å². The fraction of sp³-hybridized carbons (Fsp3) is 0.281. The van der Waals surface area contributed by atoms with Crippen LogP contribution >= 0.6 is 0 Å². The van der Waals surface area contributed by atoms with E-state index in [-0.39, 0.29) is 44.7 Å². The van der Waals surface area contributed by atoms with E-state index >= 15 is 0 Å². The predicted molar refractivity (Wildman–Crippen MR) is 158 cm³/mol. The highest BCUT2D eigenvalue weighted by atomic mass is 16.5. The SMILES string of the molecule is CN(CCC(=O)O)C(=O)c1ccc2c(Oc3ccc(C[C@@H](CO)NC[C@H](O)COc4ccccc4)cc3)ccnc2c1. The lowest BCUT2D eigenvalue weighted by molar-refractivity contribution is -0.137. The summed E-state index contributed by atoms with van der Waals surface area (Å²) in [6.07, 6.45) is 1.30. The molecule has 1 heterocycles. The summed E-state index contributed by atoms with van der Waals surface area (Å²) >= 11 is 0. The molecular formula is C32H35N3O7. The average molecular weight is 574 g/mol.